The van der Waals surface area contributed by atoms with Crippen LogP contribution in [0.1, 0.15) is 23.6 Å². The van der Waals surface area contributed by atoms with Crippen LogP contribution in [0.3, 0.4) is 0 Å². The molecule has 0 bridgehead atoms. The zero-order valence-electron chi connectivity index (χ0n) is 18.5. The van der Waals surface area contributed by atoms with E-state index in [-0.39, 0.29) is 17.1 Å². The molecule has 2 N–H and O–H groups in total. The Hall–Kier alpha value is -3.87. The first-order valence-corrected chi connectivity index (χ1v) is 10.4. The molecule has 0 saturated heterocycles. The largest absolute Gasteiger partial charge is 0.508 e. The Morgan fingerprint density at radius 1 is 1.06 bits per heavy atom. The molecular weight excluding hydrogens is 426 g/mol. The van der Waals surface area contributed by atoms with E-state index in [0.717, 1.165) is 29.1 Å². The summed E-state index contributed by atoms with van der Waals surface area (Å²) >= 11 is 0. The molecule has 170 valence electrons. The lowest BCUT2D eigenvalue weighted by Crippen LogP contribution is -2.07. The fourth-order valence-corrected chi connectivity index (χ4v) is 3.59. The van der Waals surface area contributed by atoms with Gasteiger partial charge in [0, 0.05) is 31.3 Å². The monoisotopic (exact) mass is 450 g/mol. The molecule has 0 aliphatic heterocycles. The van der Waals surface area contributed by atoms with Crippen molar-refractivity contribution in [2.75, 3.05) is 12.4 Å². The molecule has 7 heteroatoms. The van der Waals surface area contributed by atoms with Gasteiger partial charge in [0.15, 0.2) is 11.5 Å². The fraction of sp³-hybridized carbons (Fsp3) is 0.192. The van der Waals surface area contributed by atoms with Crippen molar-refractivity contribution in [3.63, 3.8) is 0 Å². The SMILES string of the molecule is COc1cc(NCc2ccc(O)cc2)c2nccc(C)c2c1Oc1cccc(C(C)(F)F)c1. The number of aromatic nitrogens is 1. The van der Waals surface area contributed by atoms with Gasteiger partial charge in [-0.2, -0.15) is 0 Å². The third-order valence-corrected chi connectivity index (χ3v) is 5.34. The summed E-state index contributed by atoms with van der Waals surface area (Å²) in [5, 5.41) is 13.6. The van der Waals surface area contributed by atoms with E-state index in [4.69, 9.17) is 9.47 Å². The van der Waals surface area contributed by atoms with E-state index < -0.39 is 5.92 Å². The molecule has 0 fully saturated rings. The molecule has 0 saturated carbocycles. The Labute approximate surface area is 190 Å². The minimum atomic E-state index is -2.98. The van der Waals surface area contributed by atoms with Crippen LogP contribution in [0.5, 0.6) is 23.0 Å². The maximum Gasteiger partial charge on any atom is 0.270 e. The molecule has 0 radical (unpaired) electrons. The number of fused-ring (bicyclic) bond motifs is 1. The van der Waals surface area contributed by atoms with E-state index in [1.165, 1.54) is 25.3 Å². The second kappa shape index (κ2) is 8.94. The Balaban J connectivity index is 1.76. The van der Waals surface area contributed by atoms with Gasteiger partial charge in [-0.25, -0.2) is 8.78 Å². The molecule has 3 aromatic carbocycles. The molecule has 0 amide bonds. The third kappa shape index (κ3) is 4.82. The number of pyridine rings is 1. The van der Waals surface area contributed by atoms with Crippen molar-refractivity contribution in [3.8, 4) is 23.0 Å². The number of nitrogens with zero attached hydrogens (tertiary/aromatic N) is 1. The highest BCUT2D eigenvalue weighted by Crippen LogP contribution is 2.44. The zero-order chi connectivity index (χ0) is 23.6. The topological polar surface area (TPSA) is 63.6 Å². The number of rotatable bonds is 7. The van der Waals surface area contributed by atoms with Crippen LogP contribution in [0.15, 0.2) is 66.9 Å². The number of nitrogens with one attached hydrogen (secondary N) is 1. The molecule has 4 rings (SSSR count). The van der Waals surface area contributed by atoms with Gasteiger partial charge in [0.05, 0.1) is 23.7 Å². The highest BCUT2D eigenvalue weighted by atomic mass is 19.3. The van der Waals surface area contributed by atoms with Crippen LogP contribution in [-0.4, -0.2) is 17.2 Å². The van der Waals surface area contributed by atoms with Crippen molar-refractivity contribution in [2.24, 2.45) is 0 Å². The van der Waals surface area contributed by atoms with Crippen molar-refractivity contribution in [2.45, 2.75) is 26.3 Å². The summed E-state index contributed by atoms with van der Waals surface area (Å²) in [5.74, 6) is -1.65. The summed E-state index contributed by atoms with van der Waals surface area (Å²) < 4.78 is 39.4. The van der Waals surface area contributed by atoms with Crippen molar-refractivity contribution in [1.29, 1.82) is 0 Å². The number of hydrogen-bond donors (Lipinski definition) is 2. The number of alkyl halides is 2. The second-order valence-corrected chi connectivity index (χ2v) is 7.85. The van der Waals surface area contributed by atoms with Crippen LogP contribution in [0, 0.1) is 6.92 Å². The molecular formula is C26H24F2N2O3. The fourth-order valence-electron chi connectivity index (χ4n) is 3.59. The Bertz CT molecular complexity index is 1290. The summed E-state index contributed by atoms with van der Waals surface area (Å²) in [5.41, 5.74) is 3.15. The van der Waals surface area contributed by atoms with Gasteiger partial charge in [-0.3, -0.25) is 4.98 Å². The van der Waals surface area contributed by atoms with Gasteiger partial charge in [0.25, 0.3) is 5.92 Å². The average Bonchev–Trinajstić information content (AvgIpc) is 2.79. The molecule has 0 unspecified atom stereocenters. The number of benzene rings is 3. The first-order valence-electron chi connectivity index (χ1n) is 10.4. The van der Waals surface area contributed by atoms with Gasteiger partial charge in [0.1, 0.15) is 11.5 Å². The highest BCUT2D eigenvalue weighted by molar-refractivity contribution is 5.99. The van der Waals surface area contributed by atoms with Crippen molar-refractivity contribution >= 4 is 16.6 Å². The van der Waals surface area contributed by atoms with E-state index in [9.17, 15) is 13.9 Å². The van der Waals surface area contributed by atoms with Crippen LogP contribution in [0.4, 0.5) is 14.5 Å². The first-order chi connectivity index (χ1) is 15.8. The molecule has 1 aromatic heterocycles. The Kier molecular flexibility index (Phi) is 6.05. The summed E-state index contributed by atoms with van der Waals surface area (Å²) in [6.07, 6.45) is 1.71. The number of phenolic OH excluding ortho intramolecular Hbond substituents is 1. The Morgan fingerprint density at radius 3 is 2.52 bits per heavy atom. The lowest BCUT2D eigenvalue weighted by molar-refractivity contribution is 0.0173. The summed E-state index contributed by atoms with van der Waals surface area (Å²) in [6, 6.07) is 16.4. The highest BCUT2D eigenvalue weighted by Gasteiger charge is 2.25. The number of anilines is 1. The molecule has 0 atom stereocenters. The van der Waals surface area contributed by atoms with Gasteiger partial charge in [-0.1, -0.05) is 24.3 Å². The first kappa shape index (κ1) is 22.3. The van der Waals surface area contributed by atoms with Crippen molar-refractivity contribution in [1.82, 2.24) is 4.98 Å². The molecule has 4 aromatic rings. The maximum atomic E-state index is 13.8. The van der Waals surface area contributed by atoms with Crippen LogP contribution < -0.4 is 14.8 Å². The number of aromatic hydroxyl groups is 1. The zero-order valence-corrected chi connectivity index (χ0v) is 18.5. The van der Waals surface area contributed by atoms with E-state index in [1.807, 2.05) is 25.1 Å². The van der Waals surface area contributed by atoms with Gasteiger partial charge in [-0.05, 0) is 48.4 Å². The lowest BCUT2D eigenvalue weighted by atomic mass is 10.1. The van der Waals surface area contributed by atoms with E-state index in [1.54, 1.807) is 30.5 Å². The number of phenols is 1. The van der Waals surface area contributed by atoms with Crippen LogP contribution in [-0.2, 0) is 12.5 Å². The van der Waals surface area contributed by atoms with Gasteiger partial charge < -0.3 is 19.9 Å². The number of ether oxygens (including phenoxy) is 2. The minimum Gasteiger partial charge on any atom is -0.508 e. The standard InChI is InChI=1S/C26H24F2N2O3/c1-16-11-12-29-24-21(30-15-17-7-9-19(31)10-8-17)14-22(32-3)25(23(16)24)33-20-6-4-5-18(13-20)26(2,27)28/h4-14,30-31H,15H2,1-3H3. The number of hydrogen-bond acceptors (Lipinski definition) is 5. The molecule has 1 heterocycles. The predicted octanol–water partition coefficient (Wildman–Crippen LogP) is 6.77. The average molecular weight is 450 g/mol. The van der Waals surface area contributed by atoms with Gasteiger partial charge >= 0.3 is 0 Å². The van der Waals surface area contributed by atoms with Crippen LogP contribution >= 0.6 is 0 Å². The second-order valence-electron chi connectivity index (χ2n) is 7.85. The van der Waals surface area contributed by atoms with Crippen molar-refractivity contribution in [3.05, 3.63) is 83.6 Å². The maximum absolute atomic E-state index is 13.8. The third-order valence-electron chi connectivity index (χ3n) is 5.34. The van der Waals surface area contributed by atoms with E-state index >= 15 is 0 Å². The summed E-state index contributed by atoms with van der Waals surface area (Å²) in [4.78, 5) is 4.54. The van der Waals surface area contributed by atoms with Crippen LogP contribution in [0.25, 0.3) is 10.9 Å². The normalized spacial score (nSPS) is 11.4. The number of halogens is 2. The molecule has 33 heavy (non-hydrogen) atoms. The number of methoxy groups -OCH3 is 1. The smallest absolute Gasteiger partial charge is 0.270 e. The molecule has 0 spiro atoms. The lowest BCUT2D eigenvalue weighted by Gasteiger charge is -2.19. The van der Waals surface area contributed by atoms with Crippen molar-refractivity contribution < 1.29 is 23.4 Å². The Morgan fingerprint density at radius 2 is 1.82 bits per heavy atom. The number of aryl methyl sites for hydroxylation is 1. The molecule has 0 aliphatic carbocycles. The molecule has 0 aliphatic rings. The summed E-state index contributed by atoms with van der Waals surface area (Å²) in [6.45, 7) is 3.28. The minimum absolute atomic E-state index is 0.134. The van der Waals surface area contributed by atoms with Gasteiger partial charge in [-0.15, -0.1) is 0 Å². The van der Waals surface area contributed by atoms with Crippen LogP contribution in [0.2, 0.25) is 0 Å². The van der Waals surface area contributed by atoms with E-state index in [0.29, 0.717) is 23.6 Å². The molecule has 5 nitrogen and oxygen atoms in total. The quantitative estimate of drug-likeness (QED) is 0.325. The van der Waals surface area contributed by atoms with Gasteiger partial charge in [0.2, 0.25) is 0 Å². The predicted molar refractivity (Wildman–Crippen MR) is 125 cm³/mol. The summed E-state index contributed by atoms with van der Waals surface area (Å²) in [7, 11) is 1.53. The van der Waals surface area contributed by atoms with E-state index in [2.05, 4.69) is 10.3 Å².